The Bertz CT molecular complexity index is 1250. The summed E-state index contributed by atoms with van der Waals surface area (Å²) in [5, 5.41) is 13.9. The zero-order chi connectivity index (χ0) is 49.9. The SMILES string of the molecule is CCCCC/C=C\C/C=C\CCCCCCCCCCCC(=O)NC(COP(=O)(O)OCC[N+](C)(C)C)C(O)/C=C/CC/C=C/CCCCCCCCCCCCCCCCCCCCCCC. The van der Waals surface area contributed by atoms with E-state index in [2.05, 4.69) is 55.6 Å². The molecule has 68 heavy (non-hydrogen) atoms. The van der Waals surface area contributed by atoms with E-state index in [-0.39, 0.29) is 19.1 Å². The molecule has 1 amide bonds. The van der Waals surface area contributed by atoms with Crippen LogP contribution in [0.2, 0.25) is 0 Å². The molecule has 0 aliphatic rings. The number of unbranched alkanes of at least 4 members (excludes halogenated alkanes) is 34. The van der Waals surface area contributed by atoms with Gasteiger partial charge in [0, 0.05) is 6.42 Å². The summed E-state index contributed by atoms with van der Waals surface area (Å²) in [6.07, 6.45) is 66.5. The van der Waals surface area contributed by atoms with Gasteiger partial charge in [-0.05, 0) is 64.2 Å². The maximum Gasteiger partial charge on any atom is 0.472 e. The number of nitrogens with one attached hydrogen (secondary N) is 1. The quantitative estimate of drug-likeness (QED) is 0.0243. The van der Waals surface area contributed by atoms with Crippen LogP contribution in [0.15, 0.2) is 48.6 Å². The number of phosphoric acid groups is 1. The summed E-state index contributed by atoms with van der Waals surface area (Å²) in [7, 11) is 1.55. The Kier molecular flexibility index (Phi) is 49.3. The molecule has 9 heteroatoms. The molecule has 0 radical (unpaired) electrons. The highest BCUT2D eigenvalue weighted by Gasteiger charge is 2.27. The fourth-order valence-corrected chi connectivity index (χ4v) is 9.18. The molecule has 0 aromatic heterocycles. The van der Waals surface area contributed by atoms with E-state index in [1.54, 1.807) is 6.08 Å². The van der Waals surface area contributed by atoms with E-state index in [0.717, 1.165) is 44.9 Å². The molecule has 3 atom stereocenters. The Morgan fingerprint density at radius 3 is 1.29 bits per heavy atom. The maximum absolute atomic E-state index is 13.0. The van der Waals surface area contributed by atoms with Crippen LogP contribution in [0.3, 0.4) is 0 Å². The van der Waals surface area contributed by atoms with E-state index in [1.165, 1.54) is 205 Å². The lowest BCUT2D eigenvalue weighted by molar-refractivity contribution is -0.870. The standard InChI is InChI=1S/C59H113N2O6P/c1-6-8-10-12-14-16-18-20-22-24-26-27-28-29-30-31-32-33-35-36-38-40-42-44-46-48-50-52-58(62)57(56-67-68(64,65)66-55-54-61(3,4)5)60-59(63)53-51-49-47-45-43-41-39-37-34-25-23-21-19-17-15-13-11-9-7-2/h15,17,21,23,42,44,50,52,57-58,62H,6-14,16,18-20,22,24-41,43,45-49,51,53-56H2,1-5H3,(H-,60,63,64,65)/p+1/b17-15-,23-21-,44-42+,52-50+. The average Bonchev–Trinajstić information content (AvgIpc) is 3.30. The van der Waals surface area contributed by atoms with Gasteiger partial charge < -0.3 is 19.8 Å². The molecule has 0 aromatic rings. The molecule has 0 heterocycles. The van der Waals surface area contributed by atoms with E-state index < -0.39 is 20.0 Å². The van der Waals surface area contributed by atoms with E-state index in [0.29, 0.717) is 17.4 Å². The third-order valence-corrected chi connectivity index (χ3v) is 14.0. The summed E-state index contributed by atoms with van der Waals surface area (Å²) in [6.45, 7) is 4.79. The Morgan fingerprint density at radius 2 is 0.853 bits per heavy atom. The average molecular weight is 979 g/mol. The summed E-state index contributed by atoms with van der Waals surface area (Å²) >= 11 is 0. The number of rotatable bonds is 53. The van der Waals surface area contributed by atoms with Crippen LogP contribution in [-0.4, -0.2) is 73.4 Å². The number of allylic oxidation sites excluding steroid dienone is 7. The van der Waals surface area contributed by atoms with Crippen molar-refractivity contribution < 1.29 is 32.9 Å². The van der Waals surface area contributed by atoms with Crippen LogP contribution in [0, 0.1) is 0 Å². The van der Waals surface area contributed by atoms with Gasteiger partial charge in [-0.15, -0.1) is 0 Å². The second-order valence-corrected chi connectivity index (χ2v) is 22.5. The van der Waals surface area contributed by atoms with Crippen molar-refractivity contribution in [3.05, 3.63) is 48.6 Å². The largest absolute Gasteiger partial charge is 0.472 e. The van der Waals surface area contributed by atoms with Crippen LogP contribution in [0.25, 0.3) is 0 Å². The Balaban J connectivity index is 4.24. The number of aliphatic hydroxyl groups excluding tert-OH is 1. The first kappa shape index (κ1) is 66.5. The highest BCUT2D eigenvalue weighted by molar-refractivity contribution is 7.47. The highest BCUT2D eigenvalue weighted by atomic mass is 31.2. The van der Waals surface area contributed by atoms with Crippen LogP contribution in [-0.2, 0) is 18.4 Å². The summed E-state index contributed by atoms with van der Waals surface area (Å²) < 4.78 is 23.7. The van der Waals surface area contributed by atoms with Gasteiger partial charge in [0.25, 0.3) is 0 Å². The van der Waals surface area contributed by atoms with Crippen molar-refractivity contribution in [3.8, 4) is 0 Å². The fraction of sp³-hybridized carbons (Fsp3) is 0.847. The Labute approximate surface area is 422 Å². The van der Waals surface area contributed by atoms with Gasteiger partial charge in [-0.25, -0.2) is 4.57 Å². The molecule has 0 rings (SSSR count). The minimum atomic E-state index is -4.36. The van der Waals surface area contributed by atoms with E-state index in [1.807, 2.05) is 27.2 Å². The summed E-state index contributed by atoms with van der Waals surface area (Å²) in [4.78, 5) is 23.3. The van der Waals surface area contributed by atoms with Gasteiger partial charge in [0.1, 0.15) is 13.2 Å². The molecule has 0 bridgehead atoms. The van der Waals surface area contributed by atoms with Crippen molar-refractivity contribution in [1.82, 2.24) is 5.32 Å². The lowest BCUT2D eigenvalue weighted by Gasteiger charge is -2.25. The Hall–Kier alpha value is -1.54. The van der Waals surface area contributed by atoms with Gasteiger partial charge >= 0.3 is 7.82 Å². The van der Waals surface area contributed by atoms with Crippen molar-refractivity contribution in [2.24, 2.45) is 0 Å². The van der Waals surface area contributed by atoms with Crippen molar-refractivity contribution in [1.29, 1.82) is 0 Å². The number of amides is 1. The molecule has 0 saturated carbocycles. The van der Waals surface area contributed by atoms with E-state index >= 15 is 0 Å². The van der Waals surface area contributed by atoms with E-state index in [4.69, 9.17) is 9.05 Å². The predicted octanol–water partition coefficient (Wildman–Crippen LogP) is 17.5. The number of phosphoric ester groups is 1. The lowest BCUT2D eigenvalue weighted by Crippen LogP contribution is -2.45. The molecule has 3 N–H and O–H groups in total. The van der Waals surface area contributed by atoms with Crippen LogP contribution in [0.1, 0.15) is 271 Å². The molecule has 400 valence electrons. The number of hydrogen-bond acceptors (Lipinski definition) is 5. The number of likely N-dealkylation sites (N-methyl/N-ethyl adjacent to an activating group) is 1. The monoisotopic (exact) mass is 978 g/mol. The molecule has 0 spiro atoms. The first-order valence-electron chi connectivity index (χ1n) is 29.0. The number of carbonyl (C=O) groups excluding carboxylic acids is 1. The fourth-order valence-electron chi connectivity index (χ4n) is 8.44. The minimum Gasteiger partial charge on any atom is -0.387 e. The molecule has 0 saturated heterocycles. The van der Waals surface area contributed by atoms with Gasteiger partial charge in [-0.1, -0.05) is 249 Å². The van der Waals surface area contributed by atoms with Crippen molar-refractivity contribution >= 4 is 13.7 Å². The number of quaternary nitrogens is 1. The summed E-state index contributed by atoms with van der Waals surface area (Å²) in [5.74, 6) is -0.190. The highest BCUT2D eigenvalue weighted by Crippen LogP contribution is 2.43. The maximum atomic E-state index is 13.0. The van der Waals surface area contributed by atoms with Crippen molar-refractivity contribution in [3.63, 3.8) is 0 Å². The normalized spacial score (nSPS) is 14.3. The van der Waals surface area contributed by atoms with Crippen molar-refractivity contribution in [2.75, 3.05) is 40.9 Å². The topological polar surface area (TPSA) is 105 Å². The first-order chi connectivity index (χ1) is 33.0. The van der Waals surface area contributed by atoms with Gasteiger partial charge in [0.2, 0.25) is 5.91 Å². The summed E-state index contributed by atoms with van der Waals surface area (Å²) in [5.41, 5.74) is 0. The first-order valence-corrected chi connectivity index (χ1v) is 30.5. The molecule has 3 unspecified atom stereocenters. The zero-order valence-corrected chi connectivity index (χ0v) is 46.5. The van der Waals surface area contributed by atoms with Gasteiger partial charge in [0.15, 0.2) is 0 Å². The second kappa shape index (κ2) is 50.4. The number of hydrogen-bond donors (Lipinski definition) is 3. The second-order valence-electron chi connectivity index (χ2n) is 21.0. The number of aliphatic hydroxyl groups is 1. The number of nitrogens with zero attached hydrogens (tertiary/aromatic N) is 1. The Morgan fingerprint density at radius 1 is 0.500 bits per heavy atom. The van der Waals surface area contributed by atoms with Crippen molar-refractivity contribution in [2.45, 2.75) is 283 Å². The molecular weight excluding hydrogens is 864 g/mol. The molecule has 0 aromatic carbocycles. The zero-order valence-electron chi connectivity index (χ0n) is 45.6. The molecule has 8 nitrogen and oxygen atoms in total. The molecular formula is C59H114N2O6P+. The number of carbonyl (C=O) groups is 1. The van der Waals surface area contributed by atoms with Crippen LogP contribution >= 0.6 is 7.82 Å². The molecule has 0 aliphatic carbocycles. The van der Waals surface area contributed by atoms with Crippen LogP contribution in [0.4, 0.5) is 0 Å². The third kappa shape index (κ3) is 52.3. The van der Waals surface area contributed by atoms with Gasteiger partial charge in [0.05, 0.1) is 39.9 Å². The summed E-state index contributed by atoms with van der Waals surface area (Å²) in [6, 6.07) is -0.867. The molecule has 0 fully saturated rings. The van der Waals surface area contributed by atoms with E-state index in [9.17, 15) is 19.4 Å². The minimum absolute atomic E-state index is 0.0546. The lowest BCUT2D eigenvalue weighted by atomic mass is 10.0. The predicted molar refractivity (Wildman–Crippen MR) is 295 cm³/mol. The van der Waals surface area contributed by atoms with Gasteiger partial charge in [-0.3, -0.25) is 13.8 Å². The third-order valence-electron chi connectivity index (χ3n) is 13.0. The van der Waals surface area contributed by atoms with Crippen LogP contribution in [0.5, 0.6) is 0 Å². The van der Waals surface area contributed by atoms with Gasteiger partial charge in [-0.2, -0.15) is 0 Å². The molecule has 0 aliphatic heterocycles. The van der Waals surface area contributed by atoms with Crippen LogP contribution < -0.4 is 5.32 Å². The smallest absolute Gasteiger partial charge is 0.387 e.